The number of hydrogen-bond acceptors (Lipinski definition) is 4. The van der Waals surface area contributed by atoms with Crippen molar-refractivity contribution < 1.29 is 14.6 Å². The molecule has 6 nitrogen and oxygen atoms in total. The van der Waals surface area contributed by atoms with E-state index in [1.807, 2.05) is 43.5 Å². The molecule has 0 aromatic carbocycles. The summed E-state index contributed by atoms with van der Waals surface area (Å²) in [5.41, 5.74) is -0.523. The summed E-state index contributed by atoms with van der Waals surface area (Å²) in [7, 11) is 0. The van der Waals surface area contributed by atoms with Gasteiger partial charge in [0.25, 0.3) is 0 Å². The highest BCUT2D eigenvalue weighted by molar-refractivity contribution is 5.69. The number of fused-ring (bicyclic) bond motifs is 2. The molecule has 0 aliphatic carbocycles. The van der Waals surface area contributed by atoms with Crippen molar-refractivity contribution in [3.05, 3.63) is 18.0 Å². The average Bonchev–Trinajstić information content (AvgIpc) is 3.01. The third-order valence-electron chi connectivity index (χ3n) is 4.87. The molecule has 3 heterocycles. The van der Waals surface area contributed by atoms with Crippen LogP contribution < -0.4 is 0 Å². The lowest BCUT2D eigenvalue weighted by Crippen LogP contribution is -2.53. The van der Waals surface area contributed by atoms with Gasteiger partial charge in [0, 0.05) is 43.2 Å². The maximum Gasteiger partial charge on any atom is 0.410 e. The minimum absolute atomic E-state index is 0.0403. The second kappa shape index (κ2) is 5.51. The number of aliphatic hydroxyl groups is 1. The van der Waals surface area contributed by atoms with Gasteiger partial charge in [-0.15, -0.1) is 0 Å². The topological polar surface area (TPSA) is 67.6 Å². The first-order chi connectivity index (χ1) is 10.7. The highest BCUT2D eigenvalue weighted by atomic mass is 16.6. The first-order valence-electron chi connectivity index (χ1n) is 8.48. The van der Waals surface area contributed by atoms with Crippen LogP contribution in [0, 0.1) is 0 Å². The van der Waals surface area contributed by atoms with Crippen molar-refractivity contribution in [2.75, 3.05) is 0 Å². The van der Waals surface area contributed by atoms with E-state index in [9.17, 15) is 9.90 Å². The van der Waals surface area contributed by atoms with Crippen LogP contribution in [-0.2, 0) is 16.9 Å². The number of carbonyl (C=O) groups excluding carboxylic acids is 1. The normalized spacial score (nSPS) is 30.6. The molecule has 23 heavy (non-hydrogen) atoms. The summed E-state index contributed by atoms with van der Waals surface area (Å²) < 4.78 is 7.37. The molecule has 1 aromatic heterocycles. The molecule has 3 rings (SSSR count). The van der Waals surface area contributed by atoms with Gasteiger partial charge in [-0.1, -0.05) is 0 Å². The van der Waals surface area contributed by atoms with Crippen LogP contribution in [0.15, 0.2) is 12.4 Å². The van der Waals surface area contributed by atoms with Crippen molar-refractivity contribution >= 4 is 6.09 Å². The number of piperidine rings is 1. The first kappa shape index (κ1) is 16.3. The van der Waals surface area contributed by atoms with Crippen LogP contribution in [0.5, 0.6) is 0 Å². The van der Waals surface area contributed by atoms with Crippen molar-refractivity contribution in [1.29, 1.82) is 0 Å². The van der Waals surface area contributed by atoms with E-state index in [1.165, 1.54) is 0 Å². The van der Waals surface area contributed by atoms with Crippen molar-refractivity contribution in [3.63, 3.8) is 0 Å². The van der Waals surface area contributed by atoms with Gasteiger partial charge in [-0.25, -0.2) is 4.79 Å². The average molecular weight is 321 g/mol. The van der Waals surface area contributed by atoms with Gasteiger partial charge in [-0.05, 0) is 40.5 Å². The first-order valence-corrected chi connectivity index (χ1v) is 8.48. The maximum atomic E-state index is 12.5. The Balaban J connectivity index is 1.77. The van der Waals surface area contributed by atoms with Crippen LogP contribution in [0.4, 0.5) is 4.79 Å². The molecule has 2 bridgehead atoms. The molecule has 1 N–H and O–H groups in total. The molecule has 2 atom stereocenters. The quantitative estimate of drug-likeness (QED) is 0.909. The van der Waals surface area contributed by atoms with Gasteiger partial charge >= 0.3 is 6.09 Å². The molecule has 0 radical (unpaired) electrons. The Hall–Kier alpha value is -1.56. The van der Waals surface area contributed by atoms with Crippen LogP contribution in [0.25, 0.3) is 0 Å². The zero-order chi connectivity index (χ0) is 16.8. The highest BCUT2D eigenvalue weighted by Crippen LogP contribution is 2.46. The molecule has 2 fully saturated rings. The largest absolute Gasteiger partial charge is 0.444 e. The van der Waals surface area contributed by atoms with E-state index in [1.54, 1.807) is 6.20 Å². The minimum Gasteiger partial charge on any atom is -0.444 e. The van der Waals surface area contributed by atoms with Crippen LogP contribution in [0.3, 0.4) is 0 Å². The van der Waals surface area contributed by atoms with E-state index in [2.05, 4.69) is 5.10 Å². The molecular formula is C17H27N3O3. The smallest absolute Gasteiger partial charge is 0.410 e. The summed E-state index contributed by atoms with van der Waals surface area (Å²) in [4.78, 5) is 14.3. The number of aryl methyl sites for hydroxylation is 1. The van der Waals surface area contributed by atoms with Gasteiger partial charge in [0.2, 0.25) is 0 Å². The Kier molecular flexibility index (Phi) is 3.91. The highest BCUT2D eigenvalue weighted by Gasteiger charge is 2.51. The van der Waals surface area contributed by atoms with Gasteiger partial charge in [-0.2, -0.15) is 5.10 Å². The molecule has 1 aromatic rings. The van der Waals surface area contributed by atoms with Crippen LogP contribution >= 0.6 is 0 Å². The minimum atomic E-state index is -0.891. The second-order valence-corrected chi connectivity index (χ2v) is 7.80. The molecule has 2 unspecified atom stereocenters. The lowest BCUT2D eigenvalue weighted by atomic mass is 9.82. The number of carbonyl (C=O) groups is 1. The van der Waals surface area contributed by atoms with E-state index in [0.717, 1.165) is 24.9 Å². The summed E-state index contributed by atoms with van der Waals surface area (Å²) in [5, 5.41) is 15.4. The summed E-state index contributed by atoms with van der Waals surface area (Å²) in [6, 6.07) is 0.0807. The molecule has 1 amide bonds. The van der Waals surface area contributed by atoms with Gasteiger partial charge in [-0.3, -0.25) is 4.68 Å². The summed E-state index contributed by atoms with van der Waals surface area (Å²) >= 11 is 0. The summed E-state index contributed by atoms with van der Waals surface area (Å²) in [6.07, 6.45) is 6.38. The molecule has 0 spiro atoms. The van der Waals surface area contributed by atoms with E-state index in [0.29, 0.717) is 12.8 Å². The van der Waals surface area contributed by atoms with E-state index < -0.39 is 11.2 Å². The Morgan fingerprint density at radius 1 is 1.39 bits per heavy atom. The molecule has 128 valence electrons. The second-order valence-electron chi connectivity index (χ2n) is 7.80. The number of ether oxygens (including phenoxy) is 1. The van der Waals surface area contributed by atoms with Crippen molar-refractivity contribution in [1.82, 2.24) is 14.7 Å². The number of aromatic nitrogens is 2. The monoisotopic (exact) mass is 321 g/mol. The Labute approximate surface area is 137 Å². The van der Waals surface area contributed by atoms with Crippen LogP contribution in [0.2, 0.25) is 0 Å². The molecule has 2 saturated heterocycles. The van der Waals surface area contributed by atoms with E-state index in [4.69, 9.17) is 4.74 Å². The molecule has 6 heteroatoms. The number of nitrogens with zero attached hydrogens (tertiary/aromatic N) is 3. The fourth-order valence-electron chi connectivity index (χ4n) is 3.85. The number of hydrogen-bond donors (Lipinski definition) is 1. The molecule has 2 aliphatic rings. The lowest BCUT2D eigenvalue weighted by molar-refractivity contribution is -0.0624. The number of amides is 1. The van der Waals surface area contributed by atoms with Crippen LogP contribution in [-0.4, -0.2) is 43.6 Å². The van der Waals surface area contributed by atoms with Crippen molar-refractivity contribution in [2.24, 2.45) is 0 Å². The van der Waals surface area contributed by atoms with E-state index in [-0.39, 0.29) is 18.2 Å². The van der Waals surface area contributed by atoms with Gasteiger partial charge in [0.1, 0.15) is 5.60 Å². The fourth-order valence-corrected chi connectivity index (χ4v) is 3.85. The number of rotatable bonds is 2. The van der Waals surface area contributed by atoms with E-state index >= 15 is 0 Å². The van der Waals surface area contributed by atoms with Crippen LogP contribution in [0.1, 0.15) is 58.9 Å². The SMILES string of the molecule is CCn1cc(C2(O)CC3CCC(C2)N3C(=O)OC(C)(C)C)cn1. The Morgan fingerprint density at radius 2 is 2.00 bits per heavy atom. The third kappa shape index (κ3) is 3.09. The summed E-state index contributed by atoms with van der Waals surface area (Å²) in [5.74, 6) is 0. The molecular weight excluding hydrogens is 294 g/mol. The third-order valence-corrected chi connectivity index (χ3v) is 4.87. The Bertz CT molecular complexity index is 576. The predicted molar refractivity (Wildman–Crippen MR) is 85.9 cm³/mol. The molecule has 0 saturated carbocycles. The zero-order valence-electron chi connectivity index (χ0n) is 14.5. The van der Waals surface area contributed by atoms with Gasteiger partial charge in [0.15, 0.2) is 0 Å². The fraction of sp³-hybridized carbons (Fsp3) is 0.765. The standard InChI is InChI=1S/C17H27N3O3/c1-5-19-11-12(10-18-19)17(22)8-13-6-7-14(9-17)20(13)15(21)23-16(2,3)4/h10-11,13-14,22H,5-9H2,1-4H3. The van der Waals surface area contributed by atoms with Gasteiger partial charge < -0.3 is 14.7 Å². The van der Waals surface area contributed by atoms with Crippen molar-refractivity contribution in [2.45, 2.75) is 83.2 Å². The lowest BCUT2D eigenvalue weighted by Gasteiger charge is -2.43. The van der Waals surface area contributed by atoms with Crippen molar-refractivity contribution in [3.8, 4) is 0 Å². The summed E-state index contributed by atoms with van der Waals surface area (Å²) in [6.45, 7) is 8.45. The van der Waals surface area contributed by atoms with Gasteiger partial charge in [0.05, 0.1) is 11.8 Å². The Morgan fingerprint density at radius 3 is 2.48 bits per heavy atom. The predicted octanol–water partition coefficient (Wildman–Crippen LogP) is 2.65. The molecule has 2 aliphatic heterocycles. The zero-order valence-corrected chi connectivity index (χ0v) is 14.5. The maximum absolute atomic E-state index is 12.5.